The molecular weight excluding hydrogens is 212 g/mol. The van der Waals surface area contributed by atoms with Crippen molar-refractivity contribution >= 4 is 5.96 Å². The number of rotatable bonds is 4. The molecule has 0 heterocycles. The van der Waals surface area contributed by atoms with Crippen LogP contribution in [-0.2, 0) is 0 Å². The zero-order valence-corrected chi connectivity index (χ0v) is 8.46. The minimum atomic E-state index is -0.943. The predicted octanol–water partition coefficient (Wildman–Crippen LogP) is -1.09. The number of nitrogens with zero attached hydrogens (tertiary/aromatic N) is 1. The van der Waals surface area contributed by atoms with Crippen LogP contribution in [0.1, 0.15) is 11.7 Å². The largest absolute Gasteiger partial charge is 0.508 e. The summed E-state index contributed by atoms with van der Waals surface area (Å²) in [7, 11) is 0. The summed E-state index contributed by atoms with van der Waals surface area (Å²) in [4.78, 5) is 0. The van der Waals surface area contributed by atoms with E-state index in [0.717, 1.165) is 0 Å². The number of phenolic OH excluding ortho intramolecular Hbond substituents is 2. The number of aromatic hydroxyl groups is 2. The third-order valence-corrected chi connectivity index (χ3v) is 1.80. The van der Waals surface area contributed by atoms with Crippen molar-refractivity contribution in [3.63, 3.8) is 0 Å². The normalized spacial score (nSPS) is 11.8. The van der Waals surface area contributed by atoms with Gasteiger partial charge in [0, 0.05) is 6.07 Å². The van der Waals surface area contributed by atoms with Crippen LogP contribution in [-0.4, -0.2) is 27.8 Å². The standard InChI is InChI=1S/C9H14N4O3/c10-9(11)13-12-4-8(16)5-1-6(14)3-7(15)2-5/h1-3,8,12,14-16H,4H2,(H4,10,11,13). The Morgan fingerprint density at radius 2 is 1.81 bits per heavy atom. The fourth-order valence-electron chi connectivity index (χ4n) is 1.15. The molecule has 7 heteroatoms. The van der Waals surface area contributed by atoms with Gasteiger partial charge >= 0.3 is 0 Å². The van der Waals surface area contributed by atoms with Crippen LogP contribution in [0.15, 0.2) is 23.3 Å². The minimum Gasteiger partial charge on any atom is -0.508 e. The molecule has 0 fully saturated rings. The Labute approximate surface area is 92.0 Å². The maximum absolute atomic E-state index is 9.65. The molecule has 1 unspecified atom stereocenters. The molecule has 7 nitrogen and oxygen atoms in total. The first-order chi connectivity index (χ1) is 7.49. The van der Waals surface area contributed by atoms with E-state index in [1.54, 1.807) is 0 Å². The van der Waals surface area contributed by atoms with Crippen LogP contribution in [0.3, 0.4) is 0 Å². The smallest absolute Gasteiger partial charge is 0.208 e. The molecule has 0 radical (unpaired) electrons. The van der Waals surface area contributed by atoms with E-state index >= 15 is 0 Å². The van der Waals surface area contributed by atoms with Gasteiger partial charge in [-0.2, -0.15) is 0 Å². The van der Waals surface area contributed by atoms with E-state index in [-0.39, 0.29) is 24.0 Å². The Balaban J connectivity index is 2.65. The molecule has 0 spiro atoms. The highest BCUT2D eigenvalue weighted by Crippen LogP contribution is 2.24. The summed E-state index contributed by atoms with van der Waals surface area (Å²) in [6.45, 7) is 0.0563. The van der Waals surface area contributed by atoms with Crippen molar-refractivity contribution < 1.29 is 15.3 Å². The van der Waals surface area contributed by atoms with E-state index in [2.05, 4.69) is 10.5 Å². The third-order valence-electron chi connectivity index (χ3n) is 1.80. The first-order valence-corrected chi connectivity index (χ1v) is 4.51. The predicted molar refractivity (Wildman–Crippen MR) is 58.5 cm³/mol. The van der Waals surface area contributed by atoms with E-state index in [4.69, 9.17) is 11.5 Å². The van der Waals surface area contributed by atoms with Gasteiger partial charge in [-0.1, -0.05) is 0 Å². The molecule has 0 aliphatic rings. The number of aliphatic hydroxyl groups excluding tert-OH is 1. The van der Waals surface area contributed by atoms with E-state index in [0.29, 0.717) is 5.56 Å². The van der Waals surface area contributed by atoms with Crippen LogP contribution in [0.25, 0.3) is 0 Å². The van der Waals surface area contributed by atoms with Gasteiger partial charge in [0.25, 0.3) is 0 Å². The maximum Gasteiger partial charge on any atom is 0.208 e. The van der Waals surface area contributed by atoms with Gasteiger partial charge in [0.15, 0.2) is 0 Å². The van der Waals surface area contributed by atoms with Crippen LogP contribution in [0, 0.1) is 0 Å². The van der Waals surface area contributed by atoms with Crippen molar-refractivity contribution in [1.29, 1.82) is 0 Å². The van der Waals surface area contributed by atoms with Crippen LogP contribution < -0.4 is 16.9 Å². The Hall–Kier alpha value is -2.15. The average molecular weight is 226 g/mol. The van der Waals surface area contributed by atoms with Gasteiger partial charge in [-0.25, -0.2) is 0 Å². The summed E-state index contributed by atoms with van der Waals surface area (Å²) < 4.78 is 0. The number of hydrazone groups is 1. The zero-order valence-electron chi connectivity index (χ0n) is 8.46. The van der Waals surface area contributed by atoms with E-state index in [1.807, 2.05) is 0 Å². The van der Waals surface area contributed by atoms with Gasteiger partial charge < -0.3 is 32.2 Å². The van der Waals surface area contributed by atoms with Gasteiger partial charge in [0.2, 0.25) is 5.96 Å². The SMILES string of the molecule is NC(N)=NNCC(O)c1cc(O)cc(O)c1. The average Bonchev–Trinajstić information content (AvgIpc) is 2.15. The van der Waals surface area contributed by atoms with Gasteiger partial charge in [-0.05, 0) is 17.7 Å². The lowest BCUT2D eigenvalue weighted by molar-refractivity contribution is 0.174. The zero-order chi connectivity index (χ0) is 12.1. The van der Waals surface area contributed by atoms with Crippen molar-refractivity contribution in [3.05, 3.63) is 23.8 Å². The summed E-state index contributed by atoms with van der Waals surface area (Å²) >= 11 is 0. The summed E-state index contributed by atoms with van der Waals surface area (Å²) in [6, 6.07) is 3.84. The highest BCUT2D eigenvalue weighted by molar-refractivity contribution is 5.75. The van der Waals surface area contributed by atoms with Gasteiger partial charge in [0.05, 0.1) is 12.6 Å². The molecule has 8 N–H and O–H groups in total. The second kappa shape index (κ2) is 5.08. The molecule has 1 aromatic rings. The van der Waals surface area contributed by atoms with Crippen molar-refractivity contribution in [1.82, 2.24) is 5.43 Å². The topological polar surface area (TPSA) is 137 Å². The van der Waals surface area contributed by atoms with E-state index in [9.17, 15) is 15.3 Å². The fourth-order valence-corrected chi connectivity index (χ4v) is 1.15. The molecule has 1 atom stereocenters. The number of hydrogen-bond donors (Lipinski definition) is 6. The first kappa shape index (κ1) is 11.9. The Kier molecular flexibility index (Phi) is 3.78. The molecule has 0 bridgehead atoms. The number of nitrogens with one attached hydrogen (secondary N) is 1. The number of phenols is 2. The molecule has 1 aromatic carbocycles. The van der Waals surface area contributed by atoms with E-state index < -0.39 is 6.10 Å². The van der Waals surface area contributed by atoms with Crippen LogP contribution in [0.5, 0.6) is 11.5 Å². The lowest BCUT2D eigenvalue weighted by Crippen LogP contribution is -2.28. The molecule has 0 saturated heterocycles. The van der Waals surface area contributed by atoms with Crippen molar-refractivity contribution in [2.75, 3.05) is 6.54 Å². The number of hydrogen-bond acceptors (Lipinski definition) is 5. The summed E-state index contributed by atoms with van der Waals surface area (Å²) in [5.74, 6) is -0.405. The highest BCUT2D eigenvalue weighted by Gasteiger charge is 2.09. The second-order valence-corrected chi connectivity index (χ2v) is 3.20. The monoisotopic (exact) mass is 226 g/mol. The minimum absolute atomic E-state index is 0.0563. The quantitative estimate of drug-likeness (QED) is 0.219. The van der Waals surface area contributed by atoms with Crippen molar-refractivity contribution in [3.8, 4) is 11.5 Å². The highest BCUT2D eigenvalue weighted by atomic mass is 16.3. The molecule has 88 valence electrons. The third kappa shape index (κ3) is 3.54. The summed E-state index contributed by atoms with van der Waals surface area (Å²) in [5.41, 5.74) is 12.9. The lowest BCUT2D eigenvalue weighted by atomic mass is 10.1. The molecule has 0 aliphatic carbocycles. The van der Waals surface area contributed by atoms with Crippen molar-refractivity contribution in [2.24, 2.45) is 16.6 Å². The van der Waals surface area contributed by atoms with E-state index in [1.165, 1.54) is 18.2 Å². The van der Waals surface area contributed by atoms with Crippen LogP contribution in [0.4, 0.5) is 0 Å². The summed E-state index contributed by atoms with van der Waals surface area (Å²) in [5, 5.41) is 31.5. The van der Waals surface area contributed by atoms with Crippen molar-refractivity contribution in [2.45, 2.75) is 6.10 Å². The lowest BCUT2D eigenvalue weighted by Gasteiger charge is -2.11. The molecule has 0 saturated carbocycles. The molecule has 0 amide bonds. The number of aliphatic hydroxyl groups is 1. The first-order valence-electron chi connectivity index (χ1n) is 4.51. The fraction of sp³-hybridized carbons (Fsp3) is 0.222. The van der Waals surface area contributed by atoms with Gasteiger partial charge in [-0.3, -0.25) is 0 Å². The number of guanidine groups is 1. The Bertz CT molecular complexity index is 370. The second-order valence-electron chi connectivity index (χ2n) is 3.20. The maximum atomic E-state index is 9.65. The molecular formula is C9H14N4O3. The van der Waals surface area contributed by atoms with Gasteiger partial charge in [-0.15, -0.1) is 5.10 Å². The Morgan fingerprint density at radius 3 is 2.31 bits per heavy atom. The molecule has 0 aromatic heterocycles. The number of nitrogens with two attached hydrogens (primary N) is 2. The van der Waals surface area contributed by atoms with Gasteiger partial charge in [0.1, 0.15) is 11.5 Å². The van der Waals surface area contributed by atoms with Crippen LogP contribution in [0.2, 0.25) is 0 Å². The molecule has 16 heavy (non-hydrogen) atoms. The molecule has 0 aliphatic heterocycles. The summed E-state index contributed by atoms with van der Waals surface area (Å²) in [6.07, 6.45) is -0.943. The number of benzene rings is 1. The molecule has 1 rings (SSSR count). The van der Waals surface area contributed by atoms with Crippen LogP contribution >= 0.6 is 0 Å². The Morgan fingerprint density at radius 1 is 1.25 bits per heavy atom.